The van der Waals surface area contributed by atoms with E-state index in [9.17, 15) is 9.90 Å². The second-order valence-corrected chi connectivity index (χ2v) is 8.55. The van der Waals surface area contributed by atoms with E-state index in [-0.39, 0.29) is 5.92 Å². The van der Waals surface area contributed by atoms with Gasteiger partial charge in [0.25, 0.3) is 0 Å². The van der Waals surface area contributed by atoms with E-state index in [0.717, 1.165) is 12.8 Å². The number of carboxylic acids is 1. The molecule has 0 amide bonds. The number of hydrogen-bond donors (Lipinski definition) is 1. The van der Waals surface area contributed by atoms with Crippen LogP contribution in [0.1, 0.15) is 114 Å². The molecule has 2 nitrogen and oxygen atoms in total. The van der Waals surface area contributed by atoms with E-state index in [1.807, 2.05) is 12.1 Å². The number of benzene rings is 1. The summed E-state index contributed by atoms with van der Waals surface area (Å²) >= 11 is 0. The molecule has 2 heteroatoms. The SMILES string of the molecule is CCCCCCCCCCCCCCCCC(Cc1ccccc1C)C(=O)O. The van der Waals surface area contributed by atoms with E-state index >= 15 is 0 Å². The van der Waals surface area contributed by atoms with Gasteiger partial charge in [0.15, 0.2) is 0 Å². The Morgan fingerprint density at radius 3 is 1.71 bits per heavy atom. The Bertz CT molecular complexity index is 509. The third kappa shape index (κ3) is 12.2. The van der Waals surface area contributed by atoms with Crippen molar-refractivity contribution in [1.82, 2.24) is 0 Å². The van der Waals surface area contributed by atoms with Gasteiger partial charge in [-0.2, -0.15) is 0 Å². The van der Waals surface area contributed by atoms with Crippen molar-refractivity contribution in [2.75, 3.05) is 0 Å². The number of carboxylic acid groups (broad SMARTS) is 1. The zero-order chi connectivity index (χ0) is 20.5. The molecule has 160 valence electrons. The zero-order valence-corrected chi connectivity index (χ0v) is 18.6. The van der Waals surface area contributed by atoms with Crippen molar-refractivity contribution in [3.63, 3.8) is 0 Å². The van der Waals surface area contributed by atoms with Crippen molar-refractivity contribution in [3.05, 3.63) is 35.4 Å². The number of unbranched alkanes of at least 4 members (excludes halogenated alkanes) is 13. The fraction of sp³-hybridized carbons (Fsp3) is 0.731. The minimum absolute atomic E-state index is 0.238. The molecule has 0 radical (unpaired) electrons. The second-order valence-electron chi connectivity index (χ2n) is 8.55. The van der Waals surface area contributed by atoms with Crippen molar-refractivity contribution < 1.29 is 9.90 Å². The van der Waals surface area contributed by atoms with Gasteiger partial charge in [0, 0.05) is 0 Å². The summed E-state index contributed by atoms with van der Waals surface area (Å²) in [6.07, 6.45) is 20.2. The molecule has 0 aliphatic carbocycles. The summed E-state index contributed by atoms with van der Waals surface area (Å²) in [6.45, 7) is 4.34. The molecule has 1 aromatic carbocycles. The quantitative estimate of drug-likeness (QED) is 0.258. The summed E-state index contributed by atoms with van der Waals surface area (Å²) in [5.74, 6) is -0.878. The summed E-state index contributed by atoms with van der Waals surface area (Å²) in [7, 11) is 0. The number of rotatable bonds is 18. The second kappa shape index (κ2) is 16.6. The normalized spacial score (nSPS) is 12.2. The Balaban J connectivity index is 1.99. The van der Waals surface area contributed by atoms with Crippen LogP contribution >= 0.6 is 0 Å². The molecule has 0 aliphatic heterocycles. The molecule has 0 bridgehead atoms. The highest BCUT2D eigenvalue weighted by atomic mass is 16.4. The van der Waals surface area contributed by atoms with Crippen molar-refractivity contribution in [2.45, 2.75) is 117 Å². The number of hydrogen-bond acceptors (Lipinski definition) is 1. The molecule has 0 fully saturated rings. The van der Waals surface area contributed by atoms with Gasteiger partial charge in [-0.3, -0.25) is 4.79 Å². The standard InChI is InChI=1S/C26H44O2/c1-3-4-5-6-7-8-9-10-11-12-13-14-15-16-21-25(26(27)28)22-24-20-18-17-19-23(24)2/h17-20,25H,3-16,21-22H2,1-2H3,(H,27,28). The predicted octanol–water partition coefficient (Wildman–Crippen LogP) is 8.11. The molecule has 1 atom stereocenters. The molecule has 1 N–H and O–H groups in total. The molecule has 0 aromatic heterocycles. The van der Waals surface area contributed by atoms with Gasteiger partial charge in [-0.25, -0.2) is 0 Å². The maximum absolute atomic E-state index is 11.6. The Hall–Kier alpha value is -1.31. The van der Waals surface area contributed by atoms with Crippen LogP contribution in [0.5, 0.6) is 0 Å². The van der Waals surface area contributed by atoms with E-state index in [2.05, 4.69) is 26.0 Å². The van der Waals surface area contributed by atoms with E-state index in [1.165, 1.54) is 94.6 Å². The van der Waals surface area contributed by atoms with Crippen LogP contribution in [0.25, 0.3) is 0 Å². The van der Waals surface area contributed by atoms with Crippen molar-refractivity contribution >= 4 is 5.97 Å². The molecule has 0 spiro atoms. The van der Waals surface area contributed by atoms with Crippen LogP contribution in [0, 0.1) is 12.8 Å². The number of aliphatic carboxylic acids is 1. The summed E-state index contributed by atoms with van der Waals surface area (Å²) in [4.78, 5) is 11.6. The number of carbonyl (C=O) groups is 1. The lowest BCUT2D eigenvalue weighted by atomic mass is 9.91. The molecular formula is C26H44O2. The monoisotopic (exact) mass is 388 g/mol. The Morgan fingerprint density at radius 1 is 0.786 bits per heavy atom. The molecule has 0 saturated carbocycles. The molecule has 0 aliphatic rings. The maximum atomic E-state index is 11.6. The lowest BCUT2D eigenvalue weighted by molar-refractivity contribution is -0.142. The van der Waals surface area contributed by atoms with E-state index in [4.69, 9.17) is 0 Å². The highest BCUT2D eigenvalue weighted by Crippen LogP contribution is 2.20. The van der Waals surface area contributed by atoms with Crippen molar-refractivity contribution in [3.8, 4) is 0 Å². The Kier molecular flexibility index (Phi) is 14.7. The Morgan fingerprint density at radius 2 is 1.25 bits per heavy atom. The van der Waals surface area contributed by atoms with E-state index < -0.39 is 5.97 Å². The highest BCUT2D eigenvalue weighted by molar-refractivity contribution is 5.70. The van der Waals surface area contributed by atoms with Gasteiger partial charge >= 0.3 is 5.97 Å². The summed E-state index contributed by atoms with van der Waals surface area (Å²) < 4.78 is 0. The van der Waals surface area contributed by atoms with Gasteiger partial charge in [0.2, 0.25) is 0 Å². The van der Waals surface area contributed by atoms with Crippen LogP contribution in [0.2, 0.25) is 0 Å². The van der Waals surface area contributed by atoms with E-state index in [1.54, 1.807) is 0 Å². The van der Waals surface area contributed by atoms with Gasteiger partial charge in [-0.1, -0.05) is 121 Å². The van der Waals surface area contributed by atoms with Crippen molar-refractivity contribution in [1.29, 1.82) is 0 Å². The number of aryl methyl sites for hydroxylation is 1. The summed E-state index contributed by atoms with van der Waals surface area (Å²) in [5.41, 5.74) is 2.38. The van der Waals surface area contributed by atoms with Crippen LogP contribution < -0.4 is 0 Å². The molecule has 1 rings (SSSR count). The lowest BCUT2D eigenvalue weighted by Crippen LogP contribution is -2.17. The van der Waals surface area contributed by atoms with Gasteiger partial charge in [0.1, 0.15) is 0 Å². The van der Waals surface area contributed by atoms with Gasteiger partial charge < -0.3 is 5.11 Å². The first kappa shape index (κ1) is 24.7. The first-order valence-corrected chi connectivity index (χ1v) is 11.9. The molecule has 0 heterocycles. The van der Waals surface area contributed by atoms with Crippen LogP contribution in [0.3, 0.4) is 0 Å². The van der Waals surface area contributed by atoms with Gasteiger partial charge in [-0.15, -0.1) is 0 Å². The molecular weight excluding hydrogens is 344 g/mol. The predicted molar refractivity (Wildman–Crippen MR) is 121 cm³/mol. The van der Waals surface area contributed by atoms with E-state index in [0.29, 0.717) is 6.42 Å². The molecule has 1 unspecified atom stereocenters. The maximum Gasteiger partial charge on any atom is 0.306 e. The van der Waals surface area contributed by atoms with Crippen LogP contribution in [-0.4, -0.2) is 11.1 Å². The fourth-order valence-electron chi connectivity index (χ4n) is 4.00. The van der Waals surface area contributed by atoms with Crippen LogP contribution in [0.15, 0.2) is 24.3 Å². The van der Waals surface area contributed by atoms with Crippen LogP contribution in [-0.2, 0) is 11.2 Å². The lowest BCUT2D eigenvalue weighted by Gasteiger charge is -2.14. The van der Waals surface area contributed by atoms with Gasteiger partial charge in [-0.05, 0) is 30.9 Å². The average molecular weight is 389 g/mol. The smallest absolute Gasteiger partial charge is 0.306 e. The first-order chi connectivity index (χ1) is 13.6. The highest BCUT2D eigenvalue weighted by Gasteiger charge is 2.18. The average Bonchev–Trinajstić information content (AvgIpc) is 2.68. The molecule has 28 heavy (non-hydrogen) atoms. The summed E-state index contributed by atoms with van der Waals surface area (Å²) in [6, 6.07) is 8.16. The van der Waals surface area contributed by atoms with Crippen molar-refractivity contribution in [2.24, 2.45) is 5.92 Å². The van der Waals surface area contributed by atoms with Crippen LogP contribution in [0.4, 0.5) is 0 Å². The minimum Gasteiger partial charge on any atom is -0.481 e. The fourth-order valence-corrected chi connectivity index (χ4v) is 4.00. The largest absolute Gasteiger partial charge is 0.481 e. The zero-order valence-electron chi connectivity index (χ0n) is 18.6. The van der Waals surface area contributed by atoms with Gasteiger partial charge in [0.05, 0.1) is 5.92 Å². The molecule has 0 saturated heterocycles. The first-order valence-electron chi connectivity index (χ1n) is 11.9. The Labute approximate surface area is 174 Å². The molecule has 1 aromatic rings. The topological polar surface area (TPSA) is 37.3 Å². The summed E-state index contributed by atoms with van der Waals surface area (Å²) in [5, 5.41) is 9.53. The third-order valence-electron chi connectivity index (χ3n) is 5.98. The third-order valence-corrected chi connectivity index (χ3v) is 5.98. The minimum atomic E-state index is -0.641.